The Kier molecular flexibility index (Phi) is 12.9. The molecule has 4 fully saturated rings. The van der Waals surface area contributed by atoms with Gasteiger partial charge in [-0.05, 0) is 99.2 Å². The summed E-state index contributed by atoms with van der Waals surface area (Å²) in [5, 5.41) is 0. The number of unbranched alkanes of at least 4 members (excludes halogenated alkanes) is 7. The average molecular weight is 485 g/mol. The van der Waals surface area contributed by atoms with Crippen LogP contribution in [0.1, 0.15) is 180 Å². The maximum atomic E-state index is 2.34. The molecule has 35 heavy (non-hydrogen) atoms. The lowest BCUT2D eigenvalue weighted by Gasteiger charge is -2.44. The van der Waals surface area contributed by atoms with Crippen molar-refractivity contribution in [3.05, 3.63) is 0 Å². The fraction of sp³-hybridized carbons (Fsp3) is 1.00. The van der Waals surface area contributed by atoms with Crippen LogP contribution >= 0.6 is 0 Å². The highest BCUT2D eigenvalue weighted by Crippen LogP contribution is 2.49. The van der Waals surface area contributed by atoms with Crippen molar-refractivity contribution in [1.29, 1.82) is 0 Å². The predicted octanol–water partition coefficient (Wildman–Crippen LogP) is 11.9. The van der Waals surface area contributed by atoms with Gasteiger partial charge in [-0.15, -0.1) is 0 Å². The Balaban J connectivity index is 1.24. The Morgan fingerprint density at radius 2 is 0.771 bits per heavy atom. The summed E-state index contributed by atoms with van der Waals surface area (Å²) < 4.78 is 0. The summed E-state index contributed by atoms with van der Waals surface area (Å²) >= 11 is 0. The summed E-state index contributed by atoms with van der Waals surface area (Å²) in [6.45, 7) is 2.34. The minimum Gasteiger partial charge on any atom is -0.0654 e. The van der Waals surface area contributed by atoms with E-state index in [1.54, 1.807) is 89.9 Å². The van der Waals surface area contributed by atoms with E-state index in [2.05, 4.69) is 6.92 Å². The smallest absolute Gasteiger partial charge is 0.0357 e. The molecule has 4 aliphatic carbocycles. The van der Waals surface area contributed by atoms with Crippen LogP contribution < -0.4 is 0 Å². The van der Waals surface area contributed by atoms with Crippen molar-refractivity contribution in [3.63, 3.8) is 0 Å². The Morgan fingerprint density at radius 1 is 0.400 bits per heavy atom. The first-order chi connectivity index (χ1) is 17.3. The number of rotatable bonds is 13. The third-order valence-corrected chi connectivity index (χ3v) is 11.9. The minimum absolute atomic E-state index is 1.09. The molecule has 4 aliphatic rings. The van der Waals surface area contributed by atoms with Gasteiger partial charge in [0.1, 0.15) is 0 Å². The summed E-state index contributed by atoms with van der Waals surface area (Å²) in [5.41, 5.74) is 0. The highest BCUT2D eigenvalue weighted by Gasteiger charge is 2.37. The van der Waals surface area contributed by atoms with E-state index in [9.17, 15) is 0 Å². The molecule has 0 heteroatoms. The molecular weight excluding hydrogens is 420 g/mol. The van der Waals surface area contributed by atoms with Crippen molar-refractivity contribution >= 4 is 0 Å². The van der Waals surface area contributed by atoms with Gasteiger partial charge in [-0.25, -0.2) is 0 Å². The molecule has 0 unspecified atom stereocenters. The second-order valence-corrected chi connectivity index (χ2v) is 14.1. The zero-order valence-corrected chi connectivity index (χ0v) is 24.1. The normalized spacial score (nSPS) is 32.5. The van der Waals surface area contributed by atoms with Gasteiger partial charge in [-0.3, -0.25) is 0 Å². The second kappa shape index (κ2) is 16.1. The first-order valence-corrected chi connectivity index (χ1v) is 17.3. The largest absolute Gasteiger partial charge is 0.0654 e. The van der Waals surface area contributed by atoms with Gasteiger partial charge in [0, 0.05) is 0 Å². The molecule has 4 rings (SSSR count). The lowest BCUT2D eigenvalue weighted by Crippen LogP contribution is -2.33. The van der Waals surface area contributed by atoms with Crippen molar-refractivity contribution in [2.75, 3.05) is 0 Å². The van der Waals surface area contributed by atoms with Crippen LogP contribution in [0.4, 0.5) is 0 Å². The van der Waals surface area contributed by atoms with Gasteiger partial charge in [0.25, 0.3) is 0 Å². The molecule has 0 spiro atoms. The molecule has 0 saturated heterocycles. The molecule has 0 aliphatic heterocycles. The summed E-state index contributed by atoms with van der Waals surface area (Å²) in [6, 6.07) is 0. The van der Waals surface area contributed by atoms with Crippen LogP contribution in [0.15, 0.2) is 0 Å². The molecule has 0 amide bonds. The van der Waals surface area contributed by atoms with E-state index in [1.807, 2.05) is 0 Å². The first-order valence-electron chi connectivity index (χ1n) is 17.3. The van der Waals surface area contributed by atoms with Crippen LogP contribution in [0, 0.1) is 41.4 Å². The predicted molar refractivity (Wildman–Crippen MR) is 155 cm³/mol. The monoisotopic (exact) mass is 485 g/mol. The van der Waals surface area contributed by atoms with E-state index in [0.717, 1.165) is 41.4 Å². The molecule has 0 radical (unpaired) electrons. The van der Waals surface area contributed by atoms with Gasteiger partial charge in [0.2, 0.25) is 0 Å². The lowest BCUT2D eigenvalue weighted by atomic mass is 9.62. The molecule has 0 heterocycles. The number of hydrogen-bond donors (Lipinski definition) is 0. The van der Waals surface area contributed by atoms with Crippen molar-refractivity contribution in [2.24, 2.45) is 41.4 Å². The van der Waals surface area contributed by atoms with E-state index in [0.29, 0.717) is 0 Å². The van der Waals surface area contributed by atoms with Crippen LogP contribution in [0.2, 0.25) is 0 Å². The molecule has 0 bridgehead atoms. The van der Waals surface area contributed by atoms with E-state index in [1.165, 1.54) is 83.5 Å². The molecule has 0 aromatic carbocycles. The maximum absolute atomic E-state index is 2.34. The van der Waals surface area contributed by atoms with E-state index in [-0.39, 0.29) is 0 Å². The SMILES string of the molecule is CCCCCCCCCCC(C1CCC(C2CCCCC2)CC1)C1CCC(C2CCCCC2)CC1. The van der Waals surface area contributed by atoms with Gasteiger partial charge < -0.3 is 0 Å². The molecular formula is C35H64. The highest BCUT2D eigenvalue weighted by molar-refractivity contribution is 4.88. The first kappa shape index (κ1) is 28.0. The van der Waals surface area contributed by atoms with E-state index >= 15 is 0 Å². The van der Waals surface area contributed by atoms with E-state index < -0.39 is 0 Å². The standard InChI is InChI=1S/C35H64/c1-2-3-4-5-6-7-8-15-20-35(33-25-21-31(22-26-33)29-16-11-9-12-17-29)34-27-23-32(24-28-34)30-18-13-10-14-19-30/h29-35H,2-28H2,1H3. The quantitative estimate of drug-likeness (QED) is 0.228. The molecule has 0 aromatic heterocycles. The van der Waals surface area contributed by atoms with Crippen LogP contribution in [-0.4, -0.2) is 0 Å². The van der Waals surface area contributed by atoms with Crippen molar-refractivity contribution in [1.82, 2.24) is 0 Å². The third-order valence-electron chi connectivity index (χ3n) is 11.9. The van der Waals surface area contributed by atoms with Crippen molar-refractivity contribution < 1.29 is 0 Å². The summed E-state index contributed by atoms with van der Waals surface area (Å²) in [7, 11) is 0. The van der Waals surface area contributed by atoms with Crippen LogP contribution in [0.3, 0.4) is 0 Å². The van der Waals surface area contributed by atoms with Crippen molar-refractivity contribution in [2.45, 2.75) is 180 Å². The van der Waals surface area contributed by atoms with Crippen LogP contribution in [-0.2, 0) is 0 Å². The zero-order valence-electron chi connectivity index (χ0n) is 24.1. The van der Waals surface area contributed by atoms with Gasteiger partial charge in [0.05, 0.1) is 0 Å². The molecule has 0 aromatic rings. The Labute approximate surface area is 221 Å². The summed E-state index contributed by atoms with van der Waals surface area (Å²) in [5.74, 6) is 7.72. The zero-order chi connectivity index (χ0) is 24.1. The van der Waals surface area contributed by atoms with E-state index in [4.69, 9.17) is 0 Å². The van der Waals surface area contributed by atoms with Gasteiger partial charge in [0.15, 0.2) is 0 Å². The highest BCUT2D eigenvalue weighted by atomic mass is 14.4. The van der Waals surface area contributed by atoms with Crippen LogP contribution in [0.5, 0.6) is 0 Å². The number of hydrogen-bond acceptors (Lipinski definition) is 0. The van der Waals surface area contributed by atoms with Crippen LogP contribution in [0.25, 0.3) is 0 Å². The maximum Gasteiger partial charge on any atom is -0.0357 e. The fourth-order valence-electron chi connectivity index (χ4n) is 9.67. The molecule has 0 N–H and O–H groups in total. The lowest BCUT2D eigenvalue weighted by molar-refractivity contribution is 0.0717. The molecule has 0 nitrogen and oxygen atoms in total. The van der Waals surface area contributed by atoms with Gasteiger partial charge in [-0.1, -0.05) is 122 Å². The molecule has 0 atom stereocenters. The topological polar surface area (TPSA) is 0 Å². The van der Waals surface area contributed by atoms with Gasteiger partial charge in [-0.2, -0.15) is 0 Å². The summed E-state index contributed by atoms with van der Waals surface area (Å²) in [4.78, 5) is 0. The average Bonchev–Trinajstić information content (AvgIpc) is 2.94. The Bertz CT molecular complexity index is 470. The molecule has 204 valence electrons. The third kappa shape index (κ3) is 9.06. The summed E-state index contributed by atoms with van der Waals surface area (Å²) in [6.07, 6.45) is 41.8. The Hall–Kier alpha value is 0. The Morgan fingerprint density at radius 3 is 1.20 bits per heavy atom. The fourth-order valence-corrected chi connectivity index (χ4v) is 9.67. The second-order valence-electron chi connectivity index (χ2n) is 14.1. The minimum atomic E-state index is 1.09. The van der Waals surface area contributed by atoms with Gasteiger partial charge >= 0.3 is 0 Å². The van der Waals surface area contributed by atoms with Crippen molar-refractivity contribution in [3.8, 4) is 0 Å². The molecule has 4 saturated carbocycles.